The SMILES string of the molecule is Nc1ccc2nc(S(=O)Cc3ccc(O)cc3)oc2c1. The molecule has 20 heavy (non-hydrogen) atoms. The van der Waals surface area contributed by atoms with Gasteiger partial charge in [0.25, 0.3) is 5.22 Å². The second kappa shape index (κ2) is 4.97. The lowest BCUT2D eigenvalue weighted by Crippen LogP contribution is -1.96. The molecule has 3 N–H and O–H groups in total. The maximum absolute atomic E-state index is 12.2. The summed E-state index contributed by atoms with van der Waals surface area (Å²) in [4.78, 5) is 4.20. The number of anilines is 1. The lowest BCUT2D eigenvalue weighted by Gasteiger charge is -1.99. The average molecular weight is 288 g/mol. The van der Waals surface area contributed by atoms with E-state index in [2.05, 4.69) is 4.98 Å². The Kier molecular flexibility index (Phi) is 3.15. The van der Waals surface area contributed by atoms with E-state index in [1.807, 2.05) is 0 Å². The van der Waals surface area contributed by atoms with Gasteiger partial charge in [-0.25, -0.2) is 9.19 Å². The second-order valence-corrected chi connectivity index (χ2v) is 5.69. The fourth-order valence-corrected chi connectivity index (χ4v) is 2.82. The van der Waals surface area contributed by atoms with Gasteiger partial charge in [-0.1, -0.05) is 12.1 Å². The standard InChI is InChI=1S/C14H12N2O3S/c15-10-3-6-12-13(7-10)19-14(16-12)20(18)8-9-1-4-11(17)5-2-9/h1-7,17H,8,15H2. The van der Waals surface area contributed by atoms with E-state index < -0.39 is 10.8 Å². The van der Waals surface area contributed by atoms with Crippen molar-refractivity contribution in [3.8, 4) is 5.75 Å². The molecule has 0 radical (unpaired) electrons. The van der Waals surface area contributed by atoms with Crippen LogP contribution in [0.15, 0.2) is 52.1 Å². The average Bonchev–Trinajstić information content (AvgIpc) is 2.84. The summed E-state index contributed by atoms with van der Waals surface area (Å²) in [5.41, 5.74) is 8.23. The molecule has 0 saturated carbocycles. The van der Waals surface area contributed by atoms with Crippen LogP contribution >= 0.6 is 0 Å². The molecule has 0 bridgehead atoms. The third kappa shape index (κ3) is 2.50. The number of hydrogen-bond acceptors (Lipinski definition) is 5. The Hall–Kier alpha value is -2.34. The maximum atomic E-state index is 12.2. The third-order valence-corrected chi connectivity index (χ3v) is 3.98. The monoisotopic (exact) mass is 288 g/mol. The largest absolute Gasteiger partial charge is 0.508 e. The lowest BCUT2D eigenvalue weighted by molar-refractivity contribution is 0.475. The van der Waals surface area contributed by atoms with Gasteiger partial charge in [0.1, 0.15) is 22.1 Å². The minimum Gasteiger partial charge on any atom is -0.508 e. The number of fused-ring (bicyclic) bond motifs is 1. The number of oxazole rings is 1. The van der Waals surface area contributed by atoms with Crippen LogP contribution in [0.4, 0.5) is 5.69 Å². The summed E-state index contributed by atoms with van der Waals surface area (Å²) < 4.78 is 17.7. The second-order valence-electron chi connectivity index (χ2n) is 4.36. The van der Waals surface area contributed by atoms with Crippen LogP contribution in [0.1, 0.15) is 5.56 Å². The molecule has 1 unspecified atom stereocenters. The van der Waals surface area contributed by atoms with E-state index in [-0.39, 0.29) is 16.7 Å². The van der Waals surface area contributed by atoms with Crippen LogP contribution in [0, 0.1) is 0 Å². The topological polar surface area (TPSA) is 89.3 Å². The third-order valence-electron chi connectivity index (χ3n) is 2.82. The number of rotatable bonds is 3. The molecule has 0 aliphatic rings. The summed E-state index contributed by atoms with van der Waals surface area (Å²) in [5, 5.41) is 9.39. The molecular formula is C14H12N2O3S. The Labute approximate surface area is 117 Å². The highest BCUT2D eigenvalue weighted by molar-refractivity contribution is 7.84. The zero-order valence-electron chi connectivity index (χ0n) is 10.4. The number of nitrogens with two attached hydrogens (primary N) is 1. The molecule has 0 saturated heterocycles. The van der Waals surface area contributed by atoms with Crippen molar-refractivity contribution in [2.75, 3.05) is 5.73 Å². The molecule has 3 aromatic rings. The first-order valence-electron chi connectivity index (χ1n) is 5.94. The normalized spacial score (nSPS) is 12.6. The molecule has 0 aliphatic carbocycles. The van der Waals surface area contributed by atoms with E-state index >= 15 is 0 Å². The van der Waals surface area contributed by atoms with Gasteiger partial charge in [0.15, 0.2) is 5.58 Å². The summed E-state index contributed by atoms with van der Waals surface area (Å²) in [6.45, 7) is 0. The van der Waals surface area contributed by atoms with E-state index in [1.54, 1.807) is 42.5 Å². The summed E-state index contributed by atoms with van der Waals surface area (Å²) in [6, 6.07) is 11.6. The number of benzene rings is 2. The van der Waals surface area contributed by atoms with E-state index in [0.29, 0.717) is 16.8 Å². The number of nitrogen functional groups attached to an aromatic ring is 1. The highest BCUT2D eigenvalue weighted by Gasteiger charge is 2.13. The van der Waals surface area contributed by atoms with Gasteiger partial charge in [0, 0.05) is 11.8 Å². The molecule has 0 amide bonds. The van der Waals surface area contributed by atoms with Crippen LogP contribution in [0.5, 0.6) is 5.75 Å². The van der Waals surface area contributed by atoms with Gasteiger partial charge < -0.3 is 15.3 Å². The van der Waals surface area contributed by atoms with Gasteiger partial charge in [-0.15, -0.1) is 0 Å². The van der Waals surface area contributed by atoms with Gasteiger partial charge in [0.2, 0.25) is 0 Å². The number of hydrogen-bond donors (Lipinski definition) is 2. The van der Waals surface area contributed by atoms with Crippen LogP contribution < -0.4 is 5.73 Å². The molecule has 1 aromatic heterocycles. The number of phenols is 1. The predicted molar refractivity (Wildman–Crippen MR) is 76.6 cm³/mol. The molecule has 6 heteroatoms. The van der Waals surface area contributed by atoms with E-state index in [9.17, 15) is 9.32 Å². The molecule has 1 heterocycles. The molecule has 2 aromatic carbocycles. The highest BCUT2D eigenvalue weighted by Crippen LogP contribution is 2.22. The molecular weight excluding hydrogens is 276 g/mol. The summed E-state index contributed by atoms with van der Waals surface area (Å²) in [6.07, 6.45) is 0. The van der Waals surface area contributed by atoms with Crippen molar-refractivity contribution in [2.24, 2.45) is 0 Å². The van der Waals surface area contributed by atoms with Crippen LogP contribution in [0.3, 0.4) is 0 Å². The Balaban J connectivity index is 1.86. The van der Waals surface area contributed by atoms with Gasteiger partial charge in [-0.05, 0) is 29.8 Å². The van der Waals surface area contributed by atoms with E-state index in [4.69, 9.17) is 10.2 Å². The number of aromatic hydroxyl groups is 1. The van der Waals surface area contributed by atoms with Gasteiger partial charge >= 0.3 is 0 Å². The molecule has 0 aliphatic heterocycles. The van der Waals surface area contributed by atoms with Crippen molar-refractivity contribution in [3.05, 3.63) is 48.0 Å². The van der Waals surface area contributed by atoms with Gasteiger partial charge in [0.05, 0.1) is 5.75 Å². The summed E-state index contributed by atoms with van der Waals surface area (Å²) in [7, 11) is -1.38. The number of phenolic OH excluding ortho intramolecular Hbond substituents is 1. The quantitative estimate of drug-likeness (QED) is 0.722. The van der Waals surface area contributed by atoms with Gasteiger partial charge in [-0.3, -0.25) is 0 Å². The fraction of sp³-hybridized carbons (Fsp3) is 0.0714. The molecule has 1 atom stereocenters. The summed E-state index contributed by atoms with van der Waals surface area (Å²) >= 11 is 0. The van der Waals surface area contributed by atoms with Crippen molar-refractivity contribution < 1.29 is 13.7 Å². The van der Waals surface area contributed by atoms with Crippen molar-refractivity contribution >= 4 is 27.6 Å². The number of aromatic nitrogens is 1. The Bertz CT molecular complexity index is 781. The van der Waals surface area contributed by atoms with Crippen molar-refractivity contribution in [1.82, 2.24) is 4.98 Å². The lowest BCUT2D eigenvalue weighted by atomic mass is 10.2. The first-order valence-corrected chi connectivity index (χ1v) is 7.26. The minimum absolute atomic E-state index is 0.178. The van der Waals surface area contributed by atoms with Crippen molar-refractivity contribution in [1.29, 1.82) is 0 Å². The van der Waals surface area contributed by atoms with Crippen LogP contribution in [-0.2, 0) is 16.6 Å². The fourth-order valence-electron chi connectivity index (χ4n) is 1.82. The highest BCUT2D eigenvalue weighted by atomic mass is 32.2. The Morgan fingerprint density at radius 3 is 2.70 bits per heavy atom. The molecule has 0 fully saturated rings. The minimum atomic E-state index is -1.38. The zero-order chi connectivity index (χ0) is 14.1. The molecule has 3 rings (SSSR count). The predicted octanol–water partition coefficient (Wildman–Crippen LogP) is 2.42. The van der Waals surface area contributed by atoms with Gasteiger partial charge in [-0.2, -0.15) is 0 Å². The Morgan fingerprint density at radius 2 is 1.95 bits per heavy atom. The smallest absolute Gasteiger partial charge is 0.288 e. The van der Waals surface area contributed by atoms with Crippen molar-refractivity contribution in [2.45, 2.75) is 11.0 Å². The van der Waals surface area contributed by atoms with Crippen LogP contribution in [0.25, 0.3) is 11.1 Å². The first kappa shape index (κ1) is 12.7. The molecule has 0 spiro atoms. The maximum Gasteiger partial charge on any atom is 0.288 e. The zero-order valence-corrected chi connectivity index (χ0v) is 11.3. The van der Waals surface area contributed by atoms with Crippen LogP contribution in [-0.4, -0.2) is 14.3 Å². The summed E-state index contributed by atoms with van der Waals surface area (Å²) in [5.74, 6) is 0.458. The van der Waals surface area contributed by atoms with E-state index in [1.165, 1.54) is 0 Å². The van der Waals surface area contributed by atoms with Crippen molar-refractivity contribution in [3.63, 3.8) is 0 Å². The van der Waals surface area contributed by atoms with E-state index in [0.717, 1.165) is 5.56 Å². The Morgan fingerprint density at radius 1 is 1.20 bits per heavy atom. The van der Waals surface area contributed by atoms with Crippen LogP contribution in [0.2, 0.25) is 0 Å². The molecule has 5 nitrogen and oxygen atoms in total. The number of nitrogens with zero attached hydrogens (tertiary/aromatic N) is 1. The first-order chi connectivity index (χ1) is 9.61. The molecule has 102 valence electrons.